The van der Waals surface area contributed by atoms with Crippen LogP contribution in [0.3, 0.4) is 0 Å². The van der Waals surface area contributed by atoms with E-state index in [-0.39, 0.29) is 24.2 Å². The van der Waals surface area contributed by atoms with Gasteiger partial charge in [-0.2, -0.15) is 4.98 Å². The molecule has 7 heteroatoms. The van der Waals surface area contributed by atoms with Gasteiger partial charge < -0.3 is 9.84 Å². The fourth-order valence-electron chi connectivity index (χ4n) is 3.11. The number of carbonyl (C=O) groups is 1. The normalized spacial score (nSPS) is 14.6. The molecule has 1 aliphatic carbocycles. The van der Waals surface area contributed by atoms with Crippen LogP contribution in [0.15, 0.2) is 53.1 Å². The zero-order valence-corrected chi connectivity index (χ0v) is 15.8. The van der Waals surface area contributed by atoms with E-state index in [1.54, 1.807) is 12.1 Å². The summed E-state index contributed by atoms with van der Waals surface area (Å²) in [6, 6.07) is 13.5. The van der Waals surface area contributed by atoms with Gasteiger partial charge in [-0.05, 0) is 60.7 Å². The number of amides is 1. The van der Waals surface area contributed by atoms with Gasteiger partial charge in [-0.1, -0.05) is 28.9 Å². The zero-order valence-electron chi connectivity index (χ0n) is 15.1. The van der Waals surface area contributed by atoms with Crippen molar-refractivity contribution in [2.24, 2.45) is 5.92 Å². The Labute approximate surface area is 166 Å². The number of hydrogen-bond donors (Lipinski definition) is 1. The number of nitrogens with one attached hydrogen (secondary N) is 1. The molecule has 1 heterocycles. The van der Waals surface area contributed by atoms with Crippen LogP contribution in [0.5, 0.6) is 0 Å². The molecule has 2 aromatic carbocycles. The molecule has 0 radical (unpaired) electrons. The number of nitrogens with zero attached hydrogens (tertiary/aromatic N) is 2. The Bertz CT molecular complexity index is 953. The van der Waals surface area contributed by atoms with Crippen molar-refractivity contribution in [2.45, 2.75) is 31.7 Å². The Hall–Kier alpha value is -2.73. The second-order valence-electron chi connectivity index (χ2n) is 6.95. The smallest absolute Gasteiger partial charge is 0.227 e. The summed E-state index contributed by atoms with van der Waals surface area (Å²) in [6.45, 7) is 0. The van der Waals surface area contributed by atoms with Crippen molar-refractivity contribution in [3.63, 3.8) is 0 Å². The molecule has 4 rings (SSSR count). The summed E-state index contributed by atoms with van der Waals surface area (Å²) in [7, 11) is 0. The van der Waals surface area contributed by atoms with Gasteiger partial charge >= 0.3 is 0 Å². The molecule has 1 amide bonds. The molecule has 5 nitrogen and oxygen atoms in total. The van der Waals surface area contributed by atoms with E-state index >= 15 is 0 Å². The number of aromatic nitrogens is 2. The molecular weight excluding hydrogens is 381 g/mol. The van der Waals surface area contributed by atoms with Crippen LogP contribution in [0.1, 0.15) is 36.8 Å². The maximum atomic E-state index is 13.0. The van der Waals surface area contributed by atoms with Gasteiger partial charge in [0.05, 0.1) is 6.04 Å². The number of aryl methyl sites for hydroxylation is 1. The Kier molecular flexibility index (Phi) is 5.39. The second kappa shape index (κ2) is 8.10. The monoisotopic (exact) mass is 399 g/mol. The molecule has 28 heavy (non-hydrogen) atoms. The third-order valence-corrected chi connectivity index (χ3v) is 5.03. The molecule has 144 valence electrons. The number of halogens is 2. The van der Waals surface area contributed by atoms with Gasteiger partial charge in [0.15, 0.2) is 0 Å². The van der Waals surface area contributed by atoms with Gasteiger partial charge in [-0.3, -0.25) is 4.79 Å². The summed E-state index contributed by atoms with van der Waals surface area (Å²) >= 11 is 5.96. The van der Waals surface area contributed by atoms with Gasteiger partial charge in [0.1, 0.15) is 5.82 Å². The molecule has 0 unspecified atom stereocenters. The van der Waals surface area contributed by atoms with Crippen molar-refractivity contribution in [1.29, 1.82) is 0 Å². The summed E-state index contributed by atoms with van der Waals surface area (Å²) in [6.07, 6.45) is 2.82. The first-order chi connectivity index (χ1) is 13.6. The topological polar surface area (TPSA) is 68.0 Å². The lowest BCUT2D eigenvalue weighted by atomic mass is 10.0. The quantitative estimate of drug-likeness (QED) is 0.623. The van der Waals surface area contributed by atoms with E-state index in [9.17, 15) is 9.18 Å². The predicted molar refractivity (Wildman–Crippen MR) is 103 cm³/mol. The molecule has 1 aliphatic rings. The Morgan fingerprint density at radius 1 is 1.18 bits per heavy atom. The first-order valence-electron chi connectivity index (χ1n) is 9.22. The van der Waals surface area contributed by atoms with Crippen molar-refractivity contribution in [3.8, 4) is 11.4 Å². The number of rotatable bonds is 7. The molecule has 1 fully saturated rings. The number of benzene rings is 2. The molecule has 3 aromatic rings. The van der Waals surface area contributed by atoms with Gasteiger partial charge in [0.2, 0.25) is 17.6 Å². The van der Waals surface area contributed by atoms with Crippen LogP contribution in [0.25, 0.3) is 11.4 Å². The lowest BCUT2D eigenvalue weighted by molar-refractivity contribution is -0.122. The average Bonchev–Trinajstić information content (AvgIpc) is 3.43. The third kappa shape index (κ3) is 4.57. The van der Waals surface area contributed by atoms with Crippen molar-refractivity contribution in [3.05, 3.63) is 70.8 Å². The summed E-state index contributed by atoms with van der Waals surface area (Å²) < 4.78 is 18.2. The standard InChI is InChI=1S/C21H19ClFN3O2/c22-16-7-3-14(4-8-16)20(13-1-2-13)24-18(27)11-12-19-25-21(26-28-19)15-5-9-17(23)10-6-15/h3-10,13,20H,1-2,11-12H2,(H,24,27)/t20-/m0/s1. The lowest BCUT2D eigenvalue weighted by Crippen LogP contribution is -2.30. The minimum absolute atomic E-state index is 0.00206. The van der Waals surface area contributed by atoms with Gasteiger partial charge in [-0.15, -0.1) is 0 Å². The second-order valence-corrected chi connectivity index (χ2v) is 7.39. The van der Waals surface area contributed by atoms with Crippen molar-refractivity contribution in [2.75, 3.05) is 0 Å². The molecule has 0 spiro atoms. The summed E-state index contributed by atoms with van der Waals surface area (Å²) in [5.74, 6) is 0.846. The van der Waals surface area contributed by atoms with Crippen molar-refractivity contribution in [1.82, 2.24) is 15.5 Å². The molecule has 1 aromatic heterocycles. The summed E-state index contributed by atoms with van der Waals surface area (Å²) in [4.78, 5) is 16.7. The summed E-state index contributed by atoms with van der Waals surface area (Å²) in [5.41, 5.74) is 1.73. The molecular formula is C21H19ClFN3O2. The number of carbonyl (C=O) groups excluding carboxylic acids is 1. The first kappa shape index (κ1) is 18.6. The largest absolute Gasteiger partial charge is 0.349 e. The Balaban J connectivity index is 1.35. The van der Waals surface area contributed by atoms with Crippen LogP contribution in [-0.2, 0) is 11.2 Å². The van der Waals surface area contributed by atoms with Crippen LogP contribution >= 0.6 is 11.6 Å². The van der Waals surface area contributed by atoms with E-state index < -0.39 is 0 Å². The third-order valence-electron chi connectivity index (χ3n) is 4.78. The van der Waals surface area contributed by atoms with E-state index in [2.05, 4.69) is 15.5 Å². The van der Waals surface area contributed by atoms with E-state index in [0.29, 0.717) is 34.6 Å². The molecule has 0 aliphatic heterocycles. The molecule has 1 saturated carbocycles. The maximum Gasteiger partial charge on any atom is 0.227 e. The van der Waals surface area contributed by atoms with Crippen LogP contribution in [0.2, 0.25) is 5.02 Å². The van der Waals surface area contributed by atoms with E-state index in [1.807, 2.05) is 24.3 Å². The molecule has 0 saturated heterocycles. The van der Waals surface area contributed by atoms with Crippen molar-refractivity contribution < 1.29 is 13.7 Å². The van der Waals surface area contributed by atoms with Crippen LogP contribution in [0.4, 0.5) is 4.39 Å². The number of hydrogen-bond acceptors (Lipinski definition) is 4. The highest BCUT2D eigenvalue weighted by Crippen LogP contribution is 2.41. The van der Waals surface area contributed by atoms with Gasteiger partial charge in [-0.25, -0.2) is 4.39 Å². The molecule has 1 N–H and O–H groups in total. The van der Waals surface area contributed by atoms with Crippen molar-refractivity contribution >= 4 is 17.5 Å². The lowest BCUT2D eigenvalue weighted by Gasteiger charge is -2.18. The van der Waals surface area contributed by atoms with E-state index in [4.69, 9.17) is 16.1 Å². The predicted octanol–water partition coefficient (Wildman–Crippen LogP) is 4.73. The zero-order chi connectivity index (χ0) is 19.5. The van der Waals surface area contributed by atoms with E-state index in [1.165, 1.54) is 12.1 Å². The highest BCUT2D eigenvalue weighted by atomic mass is 35.5. The van der Waals surface area contributed by atoms with Crippen LogP contribution in [0, 0.1) is 11.7 Å². The first-order valence-corrected chi connectivity index (χ1v) is 9.59. The summed E-state index contributed by atoms with van der Waals surface area (Å²) in [5, 5.41) is 7.69. The fraction of sp³-hybridized carbons (Fsp3) is 0.286. The molecule has 0 bridgehead atoms. The highest BCUT2D eigenvalue weighted by Gasteiger charge is 2.33. The minimum atomic E-state index is -0.324. The average molecular weight is 400 g/mol. The van der Waals surface area contributed by atoms with Gasteiger partial charge in [0.25, 0.3) is 0 Å². The maximum absolute atomic E-state index is 13.0. The SMILES string of the molecule is O=C(CCc1nc(-c2ccc(F)cc2)no1)N[C@H](c1ccc(Cl)cc1)C1CC1. The molecule has 1 atom stereocenters. The minimum Gasteiger partial charge on any atom is -0.349 e. The van der Waals surface area contributed by atoms with Crippen LogP contribution in [-0.4, -0.2) is 16.0 Å². The Morgan fingerprint density at radius 3 is 2.57 bits per heavy atom. The Morgan fingerprint density at radius 2 is 1.89 bits per heavy atom. The van der Waals surface area contributed by atoms with E-state index in [0.717, 1.165) is 18.4 Å². The fourth-order valence-corrected chi connectivity index (χ4v) is 3.24. The van der Waals surface area contributed by atoms with Crippen LogP contribution < -0.4 is 5.32 Å². The highest BCUT2D eigenvalue weighted by molar-refractivity contribution is 6.30. The van der Waals surface area contributed by atoms with Gasteiger partial charge in [0, 0.05) is 23.4 Å².